The first-order valence-electron chi connectivity index (χ1n) is 3.46. The first kappa shape index (κ1) is 10.1. The maximum Gasteiger partial charge on any atom is 0.270 e. The number of halogens is 1. The van der Waals surface area contributed by atoms with Crippen molar-refractivity contribution in [2.45, 2.75) is 0 Å². The van der Waals surface area contributed by atoms with Crippen LogP contribution >= 0.6 is 11.6 Å². The van der Waals surface area contributed by atoms with Crippen LogP contribution in [0.1, 0.15) is 5.56 Å². The molecule has 2 N–H and O–H groups in total. The van der Waals surface area contributed by atoms with Crippen LogP contribution in [0.15, 0.2) is 0 Å². The summed E-state index contributed by atoms with van der Waals surface area (Å²) in [6.45, 7) is 6.84. The van der Waals surface area contributed by atoms with Crippen LogP contribution < -0.4 is 10.5 Å². The van der Waals surface area contributed by atoms with E-state index >= 15 is 0 Å². The Bertz CT molecular complexity index is 420. The lowest BCUT2D eigenvalue weighted by Crippen LogP contribution is -1.97. The van der Waals surface area contributed by atoms with Crippen molar-refractivity contribution in [1.29, 1.82) is 5.26 Å². The van der Waals surface area contributed by atoms with Crippen molar-refractivity contribution >= 4 is 23.1 Å². The minimum absolute atomic E-state index is 0.00782. The molecule has 14 heavy (non-hydrogen) atoms. The van der Waals surface area contributed by atoms with E-state index in [1.807, 2.05) is 0 Å². The van der Waals surface area contributed by atoms with Crippen molar-refractivity contribution in [3.8, 4) is 11.8 Å². The van der Waals surface area contributed by atoms with Gasteiger partial charge in [0, 0.05) is 0 Å². The van der Waals surface area contributed by atoms with Gasteiger partial charge < -0.3 is 10.5 Å². The molecule has 0 saturated carbocycles. The fraction of sp³-hybridized carbons (Fsp3) is 0.125. The average Bonchev–Trinajstić information content (AvgIpc) is 2.16. The Hall–Kier alpha value is -1.98. The fourth-order valence-electron chi connectivity index (χ4n) is 0.947. The summed E-state index contributed by atoms with van der Waals surface area (Å²) in [6, 6.07) is 1.80. The molecule has 0 amide bonds. The molecule has 0 radical (unpaired) electrons. The van der Waals surface area contributed by atoms with Gasteiger partial charge in [0.15, 0.2) is 5.75 Å². The molecule has 0 aromatic carbocycles. The Kier molecular flexibility index (Phi) is 2.76. The van der Waals surface area contributed by atoms with Gasteiger partial charge in [-0.15, -0.1) is 0 Å². The highest BCUT2D eigenvalue weighted by atomic mass is 35.5. The number of nitrogens with zero attached hydrogens (tertiary/aromatic N) is 3. The first-order valence-corrected chi connectivity index (χ1v) is 3.84. The number of methoxy groups -OCH3 is 1. The van der Waals surface area contributed by atoms with Gasteiger partial charge in [0.1, 0.15) is 22.6 Å². The average molecular weight is 209 g/mol. The monoisotopic (exact) mass is 208 g/mol. The van der Waals surface area contributed by atoms with E-state index in [2.05, 4.69) is 9.83 Å². The Labute approximate surface area is 85.5 Å². The van der Waals surface area contributed by atoms with Gasteiger partial charge in [0.25, 0.3) is 5.69 Å². The molecule has 1 aromatic rings. The first-order chi connectivity index (χ1) is 6.65. The number of nitriles is 1. The van der Waals surface area contributed by atoms with Gasteiger partial charge in [-0.05, 0) is 0 Å². The number of aromatic nitrogens is 1. The molecule has 5 nitrogen and oxygen atoms in total. The molecular weight excluding hydrogens is 204 g/mol. The molecule has 1 aromatic heterocycles. The molecule has 0 spiro atoms. The van der Waals surface area contributed by atoms with E-state index < -0.39 is 0 Å². The summed E-state index contributed by atoms with van der Waals surface area (Å²) in [5.41, 5.74) is 5.46. The quantitative estimate of drug-likeness (QED) is 0.564. The van der Waals surface area contributed by atoms with Crippen LogP contribution in [0.5, 0.6) is 5.75 Å². The van der Waals surface area contributed by atoms with Crippen LogP contribution in [-0.4, -0.2) is 12.1 Å². The van der Waals surface area contributed by atoms with Crippen LogP contribution in [0, 0.1) is 17.9 Å². The lowest BCUT2D eigenvalue weighted by molar-refractivity contribution is 0.416. The lowest BCUT2D eigenvalue weighted by atomic mass is 10.2. The van der Waals surface area contributed by atoms with Crippen molar-refractivity contribution in [2.24, 2.45) is 0 Å². The fourth-order valence-corrected chi connectivity index (χ4v) is 1.17. The predicted molar refractivity (Wildman–Crippen MR) is 51.2 cm³/mol. The molecule has 0 bridgehead atoms. The molecule has 1 heterocycles. The number of hydrogen-bond donors (Lipinski definition) is 1. The molecule has 0 atom stereocenters. The van der Waals surface area contributed by atoms with Crippen molar-refractivity contribution < 1.29 is 4.74 Å². The van der Waals surface area contributed by atoms with E-state index in [0.29, 0.717) is 0 Å². The minimum Gasteiger partial charge on any atom is -0.506 e. The topological polar surface area (TPSA) is 76.3 Å². The van der Waals surface area contributed by atoms with Gasteiger partial charge in [-0.3, -0.25) is 0 Å². The number of pyridine rings is 1. The van der Waals surface area contributed by atoms with E-state index in [9.17, 15) is 0 Å². The van der Waals surface area contributed by atoms with Crippen LogP contribution in [-0.2, 0) is 0 Å². The molecule has 6 heteroatoms. The van der Waals surface area contributed by atoms with Crippen LogP contribution in [0.4, 0.5) is 11.5 Å². The normalized spacial score (nSPS) is 8.86. The summed E-state index contributed by atoms with van der Waals surface area (Å²) < 4.78 is 4.88. The molecule has 0 fully saturated rings. The third-order valence-corrected chi connectivity index (χ3v) is 1.81. The highest BCUT2D eigenvalue weighted by Crippen LogP contribution is 2.38. The number of hydrogen-bond acceptors (Lipinski definition) is 4. The third kappa shape index (κ3) is 1.41. The van der Waals surface area contributed by atoms with E-state index in [-0.39, 0.29) is 28.0 Å². The standard InChI is InChI=1S/C8H5ClN4O/c1-12-5-6(14-2)4(3-10)7(9)13-8(5)11/h2H3,(H2,11,13). The molecule has 0 aliphatic heterocycles. The van der Waals surface area contributed by atoms with Crippen LogP contribution in [0.2, 0.25) is 5.15 Å². The Balaban J connectivity index is 3.64. The number of rotatable bonds is 1. The molecule has 0 aliphatic rings. The summed E-state index contributed by atoms with van der Waals surface area (Å²) in [5.74, 6) is 0.0286. The van der Waals surface area contributed by atoms with E-state index in [1.54, 1.807) is 6.07 Å². The highest BCUT2D eigenvalue weighted by molar-refractivity contribution is 6.31. The van der Waals surface area contributed by atoms with Gasteiger partial charge in [-0.1, -0.05) is 11.6 Å². The molecule has 70 valence electrons. The summed E-state index contributed by atoms with van der Waals surface area (Å²) >= 11 is 5.65. The van der Waals surface area contributed by atoms with Crippen LogP contribution in [0.25, 0.3) is 4.85 Å². The number of anilines is 1. The SMILES string of the molecule is [C-]#[N+]c1c(N)nc(Cl)c(C#N)c1OC. The van der Waals surface area contributed by atoms with E-state index in [0.717, 1.165) is 0 Å². The molecule has 0 unspecified atom stereocenters. The summed E-state index contributed by atoms with van der Waals surface area (Å²) in [5, 5.41) is 8.68. The van der Waals surface area contributed by atoms with Crippen molar-refractivity contribution in [3.63, 3.8) is 0 Å². The number of nitrogens with two attached hydrogens (primary N) is 1. The molecule has 0 saturated heterocycles. The zero-order valence-corrected chi connectivity index (χ0v) is 7.96. The van der Waals surface area contributed by atoms with Crippen molar-refractivity contribution in [2.75, 3.05) is 12.8 Å². The van der Waals surface area contributed by atoms with Gasteiger partial charge in [0.05, 0.1) is 13.7 Å². The summed E-state index contributed by atoms with van der Waals surface area (Å²) in [7, 11) is 1.33. The molecule has 0 aliphatic carbocycles. The zero-order chi connectivity index (χ0) is 10.7. The Morgan fingerprint density at radius 3 is 2.79 bits per heavy atom. The number of nitrogen functional groups attached to an aromatic ring is 1. The highest BCUT2D eigenvalue weighted by Gasteiger charge is 2.18. The van der Waals surface area contributed by atoms with Gasteiger partial charge >= 0.3 is 0 Å². The zero-order valence-electron chi connectivity index (χ0n) is 7.21. The van der Waals surface area contributed by atoms with Crippen molar-refractivity contribution in [3.05, 3.63) is 22.1 Å². The van der Waals surface area contributed by atoms with Gasteiger partial charge in [0.2, 0.25) is 0 Å². The number of ether oxygens (including phenoxy) is 1. The summed E-state index contributed by atoms with van der Waals surface area (Å²) in [6.07, 6.45) is 0. The van der Waals surface area contributed by atoms with E-state index in [1.165, 1.54) is 7.11 Å². The molecule has 1 rings (SSSR count). The second kappa shape index (κ2) is 3.82. The Morgan fingerprint density at radius 1 is 1.71 bits per heavy atom. The second-order valence-electron chi connectivity index (χ2n) is 2.27. The largest absolute Gasteiger partial charge is 0.506 e. The molecular formula is C8H5ClN4O. The second-order valence-corrected chi connectivity index (χ2v) is 2.63. The maximum atomic E-state index is 8.74. The Morgan fingerprint density at radius 2 is 2.36 bits per heavy atom. The van der Waals surface area contributed by atoms with Crippen molar-refractivity contribution in [1.82, 2.24) is 4.98 Å². The minimum atomic E-state index is -0.0609. The lowest BCUT2D eigenvalue weighted by Gasteiger charge is -2.07. The maximum absolute atomic E-state index is 8.74. The van der Waals surface area contributed by atoms with Gasteiger partial charge in [-0.25, -0.2) is 9.83 Å². The van der Waals surface area contributed by atoms with E-state index in [4.69, 9.17) is 33.9 Å². The summed E-state index contributed by atoms with van der Waals surface area (Å²) in [4.78, 5) is 6.77. The van der Waals surface area contributed by atoms with Crippen LogP contribution in [0.3, 0.4) is 0 Å². The predicted octanol–water partition coefficient (Wildman–Crippen LogP) is 1.75. The third-order valence-electron chi connectivity index (χ3n) is 1.54. The smallest absolute Gasteiger partial charge is 0.270 e. The van der Waals surface area contributed by atoms with Gasteiger partial charge in [-0.2, -0.15) is 5.26 Å².